The molecule has 2 heterocycles. The Labute approximate surface area is 123 Å². The van der Waals surface area contributed by atoms with Crippen LogP contribution in [0.5, 0.6) is 0 Å². The lowest BCUT2D eigenvalue weighted by Crippen LogP contribution is -2.06. The van der Waals surface area contributed by atoms with Crippen LogP contribution in [0.2, 0.25) is 0 Å². The van der Waals surface area contributed by atoms with Gasteiger partial charge in [-0.15, -0.1) is 10.2 Å². The van der Waals surface area contributed by atoms with Crippen LogP contribution < -0.4 is 5.32 Å². The van der Waals surface area contributed by atoms with Crippen LogP contribution in [0.4, 0.5) is 5.69 Å². The lowest BCUT2D eigenvalue weighted by molar-refractivity contribution is 0.568. The van der Waals surface area contributed by atoms with E-state index in [-0.39, 0.29) is 0 Å². The summed E-state index contributed by atoms with van der Waals surface area (Å²) in [5, 5.41) is 11.0. The highest BCUT2D eigenvalue weighted by atomic mass is 16.4. The lowest BCUT2D eigenvalue weighted by atomic mass is 10.2. The highest BCUT2D eigenvalue weighted by Gasteiger charge is 2.04. The molecule has 0 saturated heterocycles. The molecule has 2 aromatic heterocycles. The molecule has 0 aliphatic rings. The third kappa shape index (κ3) is 3.13. The van der Waals surface area contributed by atoms with Gasteiger partial charge in [0.25, 0.3) is 0 Å². The van der Waals surface area contributed by atoms with E-state index in [1.165, 1.54) is 12.1 Å². The average molecular weight is 282 g/mol. The van der Waals surface area contributed by atoms with E-state index in [9.17, 15) is 0 Å². The average Bonchev–Trinajstić information content (AvgIpc) is 3.18. The molecule has 108 valence electrons. The number of aromatic nitrogens is 3. The summed E-state index contributed by atoms with van der Waals surface area (Å²) in [6.45, 7) is 4.06. The van der Waals surface area contributed by atoms with E-state index in [1.54, 1.807) is 0 Å². The number of hydrogen-bond donors (Lipinski definition) is 1. The van der Waals surface area contributed by atoms with Crippen LogP contribution in [0.1, 0.15) is 19.0 Å². The number of nitrogens with zero attached hydrogens (tertiary/aromatic N) is 3. The van der Waals surface area contributed by atoms with E-state index in [2.05, 4.69) is 45.3 Å². The molecule has 0 radical (unpaired) electrons. The summed E-state index contributed by atoms with van der Waals surface area (Å²) < 4.78 is 7.45. The Balaban J connectivity index is 1.64. The fourth-order valence-corrected chi connectivity index (χ4v) is 2.29. The molecular formula is C16H18N4O. The number of rotatable bonds is 6. The molecule has 1 aromatic carbocycles. The first-order valence-electron chi connectivity index (χ1n) is 7.11. The summed E-state index contributed by atoms with van der Waals surface area (Å²) in [5.41, 5.74) is 3.28. The van der Waals surface area contributed by atoms with Crippen LogP contribution in [-0.2, 0) is 13.1 Å². The summed E-state index contributed by atoms with van der Waals surface area (Å²) >= 11 is 0. The molecule has 0 saturated carbocycles. The van der Waals surface area contributed by atoms with Crippen molar-refractivity contribution in [2.75, 3.05) is 5.32 Å². The third-order valence-corrected chi connectivity index (χ3v) is 3.35. The van der Waals surface area contributed by atoms with Crippen LogP contribution in [0, 0.1) is 0 Å². The van der Waals surface area contributed by atoms with Gasteiger partial charge in [0.15, 0.2) is 0 Å². The van der Waals surface area contributed by atoms with Crippen molar-refractivity contribution in [2.24, 2.45) is 0 Å². The number of aryl methyl sites for hydroxylation is 1. The highest BCUT2D eigenvalue weighted by Crippen LogP contribution is 2.19. The Morgan fingerprint density at radius 1 is 1.19 bits per heavy atom. The van der Waals surface area contributed by atoms with Gasteiger partial charge in [0.05, 0.1) is 6.54 Å². The number of nitrogens with one attached hydrogen (secondary N) is 1. The quantitative estimate of drug-likeness (QED) is 0.751. The van der Waals surface area contributed by atoms with Gasteiger partial charge in [-0.1, -0.05) is 6.92 Å². The summed E-state index contributed by atoms with van der Waals surface area (Å²) in [6, 6.07) is 12.2. The fourth-order valence-electron chi connectivity index (χ4n) is 2.29. The molecule has 3 rings (SSSR count). The second kappa shape index (κ2) is 6.26. The van der Waals surface area contributed by atoms with E-state index >= 15 is 0 Å². The summed E-state index contributed by atoms with van der Waals surface area (Å²) in [5.74, 6) is 0.540. The van der Waals surface area contributed by atoms with Crippen LogP contribution >= 0.6 is 0 Å². The first kappa shape index (κ1) is 13.4. The van der Waals surface area contributed by atoms with Crippen LogP contribution in [-0.4, -0.2) is 14.8 Å². The van der Waals surface area contributed by atoms with Crippen LogP contribution in [0.3, 0.4) is 0 Å². The maximum atomic E-state index is 5.17. The fraction of sp³-hybridized carbons (Fsp3) is 0.250. The monoisotopic (exact) mass is 282 g/mol. The first-order chi connectivity index (χ1) is 10.4. The summed E-state index contributed by atoms with van der Waals surface area (Å²) in [6.07, 6.45) is 4.60. The third-order valence-electron chi connectivity index (χ3n) is 3.35. The molecular weight excluding hydrogens is 264 g/mol. The Bertz CT molecular complexity index is 671. The zero-order chi connectivity index (χ0) is 14.5. The van der Waals surface area contributed by atoms with Gasteiger partial charge in [-0.2, -0.15) is 0 Å². The molecule has 0 atom stereocenters. The topological polar surface area (TPSA) is 55.9 Å². The number of hydrogen-bond acceptors (Lipinski definition) is 4. The normalized spacial score (nSPS) is 10.7. The number of benzene rings is 1. The van der Waals surface area contributed by atoms with Gasteiger partial charge < -0.3 is 14.3 Å². The van der Waals surface area contributed by atoms with Gasteiger partial charge in [-0.05, 0) is 42.8 Å². The van der Waals surface area contributed by atoms with Crippen molar-refractivity contribution in [2.45, 2.75) is 26.4 Å². The van der Waals surface area contributed by atoms with Crippen molar-refractivity contribution in [3.05, 3.63) is 54.7 Å². The molecule has 1 N–H and O–H groups in total. The highest BCUT2D eigenvalue weighted by molar-refractivity contribution is 5.58. The van der Waals surface area contributed by atoms with Crippen molar-refractivity contribution in [1.29, 1.82) is 0 Å². The van der Waals surface area contributed by atoms with E-state index < -0.39 is 0 Å². The SMILES string of the molecule is CCCn1cccc1CNc1ccc(-c2nnco2)cc1. The lowest BCUT2D eigenvalue weighted by Gasteiger charge is -2.10. The van der Waals surface area contributed by atoms with Gasteiger partial charge in [-0.25, -0.2) is 0 Å². The minimum Gasteiger partial charge on any atom is -0.423 e. The Morgan fingerprint density at radius 2 is 2.05 bits per heavy atom. The molecule has 0 spiro atoms. The molecule has 5 nitrogen and oxygen atoms in total. The molecule has 0 aliphatic carbocycles. The van der Waals surface area contributed by atoms with Gasteiger partial charge in [0.2, 0.25) is 12.3 Å². The maximum absolute atomic E-state index is 5.17. The number of anilines is 1. The molecule has 0 unspecified atom stereocenters. The van der Waals surface area contributed by atoms with Crippen molar-refractivity contribution >= 4 is 5.69 Å². The standard InChI is InChI=1S/C16H18N4O/c1-2-9-20-10-3-4-15(20)11-17-14-7-5-13(6-8-14)16-19-18-12-21-16/h3-8,10,12,17H,2,9,11H2,1H3. The van der Waals surface area contributed by atoms with E-state index in [1.807, 2.05) is 24.3 Å². The molecule has 3 aromatic rings. The molecule has 0 bridgehead atoms. The van der Waals surface area contributed by atoms with Crippen molar-refractivity contribution < 1.29 is 4.42 Å². The first-order valence-corrected chi connectivity index (χ1v) is 7.11. The van der Waals surface area contributed by atoms with E-state index in [0.29, 0.717) is 5.89 Å². The van der Waals surface area contributed by atoms with Gasteiger partial charge in [-0.3, -0.25) is 0 Å². The van der Waals surface area contributed by atoms with E-state index in [0.717, 1.165) is 30.8 Å². The van der Waals surface area contributed by atoms with Crippen molar-refractivity contribution in [3.8, 4) is 11.5 Å². The largest absolute Gasteiger partial charge is 0.423 e. The van der Waals surface area contributed by atoms with Crippen molar-refractivity contribution in [1.82, 2.24) is 14.8 Å². The predicted octanol–water partition coefficient (Wildman–Crippen LogP) is 3.56. The second-order valence-electron chi connectivity index (χ2n) is 4.87. The minimum atomic E-state index is 0.540. The van der Waals surface area contributed by atoms with Crippen LogP contribution in [0.15, 0.2) is 53.4 Å². The predicted molar refractivity (Wildman–Crippen MR) is 81.8 cm³/mol. The van der Waals surface area contributed by atoms with Gasteiger partial charge in [0.1, 0.15) is 0 Å². The Morgan fingerprint density at radius 3 is 2.76 bits per heavy atom. The van der Waals surface area contributed by atoms with Gasteiger partial charge >= 0.3 is 0 Å². The van der Waals surface area contributed by atoms with Gasteiger partial charge in [0, 0.05) is 29.7 Å². The molecule has 0 aliphatic heterocycles. The zero-order valence-electron chi connectivity index (χ0n) is 12.0. The van der Waals surface area contributed by atoms with Crippen LogP contribution in [0.25, 0.3) is 11.5 Å². The smallest absolute Gasteiger partial charge is 0.247 e. The molecule has 5 heteroatoms. The Hall–Kier alpha value is -2.56. The van der Waals surface area contributed by atoms with Crippen molar-refractivity contribution in [3.63, 3.8) is 0 Å². The maximum Gasteiger partial charge on any atom is 0.247 e. The summed E-state index contributed by atoms with van der Waals surface area (Å²) in [7, 11) is 0. The summed E-state index contributed by atoms with van der Waals surface area (Å²) in [4.78, 5) is 0. The van der Waals surface area contributed by atoms with E-state index in [4.69, 9.17) is 4.42 Å². The zero-order valence-corrected chi connectivity index (χ0v) is 12.0. The molecule has 0 fully saturated rings. The minimum absolute atomic E-state index is 0.540. The Kier molecular flexibility index (Phi) is 4.00. The molecule has 21 heavy (non-hydrogen) atoms. The second-order valence-corrected chi connectivity index (χ2v) is 4.87. The molecule has 0 amide bonds.